The Kier molecular flexibility index (Phi) is 4.19. The zero-order valence-corrected chi connectivity index (χ0v) is 12.0. The second-order valence-corrected chi connectivity index (χ2v) is 5.79. The van der Waals surface area contributed by atoms with Crippen LogP contribution in [0.5, 0.6) is 0 Å². The van der Waals surface area contributed by atoms with Crippen LogP contribution in [0.15, 0.2) is 24.3 Å². The van der Waals surface area contributed by atoms with Gasteiger partial charge in [-0.15, -0.1) is 0 Å². The zero-order chi connectivity index (χ0) is 13.2. The maximum absolute atomic E-state index is 13.0. The second-order valence-electron chi connectivity index (χ2n) is 4.54. The van der Waals surface area contributed by atoms with Gasteiger partial charge in [0.15, 0.2) is 0 Å². The summed E-state index contributed by atoms with van der Waals surface area (Å²) < 4.78 is 27.1. The van der Waals surface area contributed by atoms with Crippen molar-refractivity contribution < 1.29 is 13.6 Å². The van der Waals surface area contributed by atoms with Gasteiger partial charge < -0.3 is 4.90 Å². The van der Waals surface area contributed by atoms with Crippen LogP contribution in [0.4, 0.5) is 8.78 Å². The van der Waals surface area contributed by atoms with Crippen LogP contribution in [0.25, 0.3) is 0 Å². The molecule has 1 aliphatic heterocycles. The highest BCUT2D eigenvalue weighted by atomic mass is 127. The Hall–Kier alpha value is -0.720. The monoisotopic (exact) mass is 365 g/mol. The van der Waals surface area contributed by atoms with Crippen LogP contribution in [-0.4, -0.2) is 29.8 Å². The molecule has 1 aromatic rings. The molecule has 18 heavy (non-hydrogen) atoms. The van der Waals surface area contributed by atoms with Crippen LogP contribution in [-0.2, 0) is 11.2 Å². The summed E-state index contributed by atoms with van der Waals surface area (Å²) in [6.45, 7) is 0.326. The van der Waals surface area contributed by atoms with Gasteiger partial charge in [0, 0.05) is 29.5 Å². The Labute approximate surface area is 118 Å². The van der Waals surface area contributed by atoms with Gasteiger partial charge in [-0.1, -0.05) is 12.1 Å². The van der Waals surface area contributed by atoms with E-state index >= 15 is 0 Å². The minimum absolute atomic E-state index is 0.0632. The van der Waals surface area contributed by atoms with Crippen molar-refractivity contribution in [2.75, 3.05) is 13.1 Å². The smallest absolute Gasteiger partial charge is 0.251 e. The number of nitrogens with zero attached hydrogens (tertiary/aromatic N) is 1. The standard InChI is InChI=1S/C13H14F2INO/c14-13(15)5-7-17(8-6-13)12(18)9-10-1-3-11(16)4-2-10/h1-4H,5-9H2. The predicted octanol–water partition coefficient (Wildman–Crippen LogP) is 3.09. The summed E-state index contributed by atoms with van der Waals surface area (Å²) in [5.74, 6) is -2.66. The Morgan fingerprint density at radius 1 is 1.22 bits per heavy atom. The fraction of sp³-hybridized carbons (Fsp3) is 0.462. The minimum atomic E-state index is -2.60. The first kappa shape index (κ1) is 13.7. The third-order valence-corrected chi connectivity index (χ3v) is 3.84. The van der Waals surface area contributed by atoms with E-state index in [0.29, 0.717) is 6.42 Å². The second kappa shape index (κ2) is 5.50. The first-order valence-corrected chi connectivity index (χ1v) is 6.94. The fourth-order valence-corrected chi connectivity index (χ4v) is 2.33. The van der Waals surface area contributed by atoms with E-state index in [4.69, 9.17) is 0 Å². The maximum atomic E-state index is 13.0. The molecule has 1 fully saturated rings. The van der Waals surface area contributed by atoms with Crippen molar-refractivity contribution in [1.82, 2.24) is 4.90 Å². The van der Waals surface area contributed by atoms with Gasteiger partial charge in [0.2, 0.25) is 5.91 Å². The number of rotatable bonds is 2. The van der Waals surface area contributed by atoms with Crippen LogP contribution in [0.1, 0.15) is 18.4 Å². The van der Waals surface area contributed by atoms with E-state index in [-0.39, 0.29) is 31.8 Å². The maximum Gasteiger partial charge on any atom is 0.251 e. The molecule has 0 aromatic heterocycles. The van der Waals surface area contributed by atoms with E-state index in [1.165, 1.54) is 4.90 Å². The van der Waals surface area contributed by atoms with Crippen molar-refractivity contribution in [2.24, 2.45) is 0 Å². The molecular formula is C13H14F2INO. The first-order valence-electron chi connectivity index (χ1n) is 5.86. The van der Waals surface area contributed by atoms with E-state index in [9.17, 15) is 13.6 Å². The summed E-state index contributed by atoms with van der Waals surface area (Å²) in [4.78, 5) is 13.5. The van der Waals surface area contributed by atoms with Gasteiger partial charge in [0.1, 0.15) is 0 Å². The number of hydrogen-bond acceptors (Lipinski definition) is 1. The number of hydrogen-bond donors (Lipinski definition) is 0. The number of carbonyl (C=O) groups excluding carboxylic acids is 1. The molecule has 1 heterocycles. The fourth-order valence-electron chi connectivity index (χ4n) is 1.97. The van der Waals surface area contributed by atoms with Gasteiger partial charge >= 0.3 is 0 Å². The van der Waals surface area contributed by atoms with E-state index in [0.717, 1.165) is 9.13 Å². The van der Waals surface area contributed by atoms with Crippen molar-refractivity contribution in [2.45, 2.75) is 25.2 Å². The predicted molar refractivity (Wildman–Crippen MR) is 73.6 cm³/mol. The highest BCUT2D eigenvalue weighted by Crippen LogP contribution is 2.27. The van der Waals surface area contributed by atoms with E-state index in [1.54, 1.807) is 0 Å². The van der Waals surface area contributed by atoms with Crippen LogP contribution in [0, 0.1) is 3.57 Å². The van der Waals surface area contributed by atoms with Gasteiger partial charge in [-0.3, -0.25) is 4.79 Å². The first-order chi connectivity index (χ1) is 8.46. The number of halogens is 3. The van der Waals surface area contributed by atoms with Crippen molar-refractivity contribution in [3.63, 3.8) is 0 Å². The molecule has 1 amide bonds. The Bertz CT molecular complexity index is 423. The minimum Gasteiger partial charge on any atom is -0.342 e. The van der Waals surface area contributed by atoms with Gasteiger partial charge in [0.25, 0.3) is 5.92 Å². The molecule has 1 aliphatic rings. The molecule has 1 saturated heterocycles. The van der Waals surface area contributed by atoms with E-state index in [2.05, 4.69) is 22.6 Å². The lowest BCUT2D eigenvalue weighted by Gasteiger charge is -2.31. The molecule has 0 saturated carbocycles. The Morgan fingerprint density at radius 3 is 2.33 bits per heavy atom. The molecule has 98 valence electrons. The summed E-state index contributed by atoms with van der Waals surface area (Å²) >= 11 is 2.20. The molecule has 0 unspecified atom stereocenters. The topological polar surface area (TPSA) is 20.3 Å². The lowest BCUT2D eigenvalue weighted by Crippen LogP contribution is -2.43. The van der Waals surface area contributed by atoms with Crippen molar-refractivity contribution in [3.8, 4) is 0 Å². The molecule has 5 heteroatoms. The summed E-state index contributed by atoms with van der Waals surface area (Å²) in [7, 11) is 0. The molecule has 2 nitrogen and oxygen atoms in total. The third kappa shape index (κ3) is 3.63. The number of carbonyl (C=O) groups is 1. The largest absolute Gasteiger partial charge is 0.342 e. The Morgan fingerprint density at radius 2 is 1.78 bits per heavy atom. The van der Waals surface area contributed by atoms with Gasteiger partial charge in [-0.25, -0.2) is 8.78 Å². The van der Waals surface area contributed by atoms with Crippen molar-refractivity contribution in [3.05, 3.63) is 33.4 Å². The van der Waals surface area contributed by atoms with Gasteiger partial charge in [-0.05, 0) is 40.3 Å². The number of alkyl halides is 2. The molecule has 0 atom stereocenters. The molecule has 0 aliphatic carbocycles. The van der Waals surface area contributed by atoms with Crippen LogP contribution < -0.4 is 0 Å². The van der Waals surface area contributed by atoms with E-state index < -0.39 is 5.92 Å². The average Bonchev–Trinajstić information content (AvgIpc) is 2.32. The summed E-state index contributed by atoms with van der Waals surface area (Å²) in [6.07, 6.45) is -0.140. The van der Waals surface area contributed by atoms with Crippen molar-refractivity contribution >= 4 is 28.5 Å². The molecule has 0 radical (unpaired) electrons. The molecule has 0 spiro atoms. The van der Waals surface area contributed by atoms with Gasteiger partial charge in [-0.2, -0.15) is 0 Å². The SMILES string of the molecule is O=C(Cc1ccc(I)cc1)N1CCC(F)(F)CC1. The molecule has 1 aromatic carbocycles. The molecule has 2 rings (SSSR count). The molecule has 0 bridgehead atoms. The molecular weight excluding hydrogens is 351 g/mol. The highest BCUT2D eigenvalue weighted by molar-refractivity contribution is 14.1. The van der Waals surface area contributed by atoms with E-state index in [1.807, 2.05) is 24.3 Å². The third-order valence-electron chi connectivity index (χ3n) is 3.12. The molecule has 0 N–H and O–H groups in total. The number of amides is 1. The summed E-state index contributed by atoms with van der Waals surface area (Å²) in [5, 5.41) is 0. The lowest BCUT2D eigenvalue weighted by atomic mass is 10.1. The average molecular weight is 365 g/mol. The highest BCUT2D eigenvalue weighted by Gasteiger charge is 2.35. The van der Waals surface area contributed by atoms with Crippen LogP contribution in [0.3, 0.4) is 0 Å². The Balaban J connectivity index is 1.91. The number of likely N-dealkylation sites (tertiary alicyclic amines) is 1. The van der Waals surface area contributed by atoms with Gasteiger partial charge in [0.05, 0.1) is 6.42 Å². The van der Waals surface area contributed by atoms with Crippen LogP contribution >= 0.6 is 22.6 Å². The normalized spacial score (nSPS) is 18.7. The number of benzene rings is 1. The van der Waals surface area contributed by atoms with Crippen molar-refractivity contribution in [1.29, 1.82) is 0 Å². The quantitative estimate of drug-likeness (QED) is 0.738. The summed E-state index contributed by atoms with van der Waals surface area (Å²) in [5.41, 5.74) is 0.928. The van der Waals surface area contributed by atoms with Crippen LogP contribution in [0.2, 0.25) is 0 Å². The lowest BCUT2D eigenvalue weighted by molar-refractivity contribution is -0.136. The zero-order valence-electron chi connectivity index (χ0n) is 9.83. The number of piperidine rings is 1. The summed E-state index contributed by atoms with van der Waals surface area (Å²) in [6, 6.07) is 7.68.